The standard InChI is InChI=1S/C14H26N2O4/c1-10(11-6-4-3-5-7-11)15-14(19)16-12(13(17)18)8-9-20-2/h10-12H,3-9H2,1-2H3,(H,17,18)(H2,15,16,19). The molecule has 0 bridgehead atoms. The van der Waals surface area contributed by atoms with E-state index in [1.807, 2.05) is 6.92 Å². The number of nitrogens with one attached hydrogen (secondary N) is 2. The molecule has 2 unspecified atom stereocenters. The summed E-state index contributed by atoms with van der Waals surface area (Å²) in [6, 6.07) is -1.24. The summed E-state index contributed by atoms with van der Waals surface area (Å²) in [5, 5.41) is 14.4. The van der Waals surface area contributed by atoms with Gasteiger partial charge in [-0.3, -0.25) is 0 Å². The highest BCUT2D eigenvalue weighted by Gasteiger charge is 2.24. The van der Waals surface area contributed by atoms with Crippen molar-refractivity contribution in [3.8, 4) is 0 Å². The lowest BCUT2D eigenvalue weighted by Crippen LogP contribution is -2.50. The smallest absolute Gasteiger partial charge is 0.326 e. The van der Waals surface area contributed by atoms with E-state index in [1.54, 1.807) is 0 Å². The van der Waals surface area contributed by atoms with Crippen molar-refractivity contribution in [2.75, 3.05) is 13.7 Å². The van der Waals surface area contributed by atoms with Gasteiger partial charge in [0.25, 0.3) is 0 Å². The highest BCUT2D eigenvalue weighted by Crippen LogP contribution is 2.26. The summed E-state index contributed by atoms with van der Waals surface area (Å²) >= 11 is 0. The Balaban J connectivity index is 2.37. The second kappa shape index (κ2) is 8.79. The summed E-state index contributed by atoms with van der Waals surface area (Å²) in [6.07, 6.45) is 6.22. The van der Waals surface area contributed by atoms with E-state index >= 15 is 0 Å². The van der Waals surface area contributed by atoms with Crippen LogP contribution in [0.1, 0.15) is 45.4 Å². The normalized spacial score (nSPS) is 19.1. The molecule has 0 saturated heterocycles. The van der Waals surface area contributed by atoms with Crippen LogP contribution < -0.4 is 10.6 Å². The summed E-state index contributed by atoms with van der Waals surface area (Å²) in [7, 11) is 1.50. The average molecular weight is 286 g/mol. The second-order valence-electron chi connectivity index (χ2n) is 5.48. The molecule has 0 aromatic carbocycles. The first kappa shape index (κ1) is 16.8. The molecule has 116 valence electrons. The van der Waals surface area contributed by atoms with Gasteiger partial charge in [0.05, 0.1) is 0 Å². The minimum absolute atomic E-state index is 0.0761. The van der Waals surface area contributed by atoms with Gasteiger partial charge in [-0.05, 0) is 25.7 Å². The second-order valence-corrected chi connectivity index (χ2v) is 5.48. The molecular formula is C14H26N2O4. The van der Waals surface area contributed by atoms with Crippen LogP contribution in [0, 0.1) is 5.92 Å². The van der Waals surface area contributed by atoms with Gasteiger partial charge < -0.3 is 20.5 Å². The lowest BCUT2D eigenvalue weighted by Gasteiger charge is -2.28. The quantitative estimate of drug-likeness (QED) is 0.665. The average Bonchev–Trinajstić information content (AvgIpc) is 2.44. The molecule has 3 N–H and O–H groups in total. The van der Waals surface area contributed by atoms with E-state index in [0.29, 0.717) is 12.5 Å². The van der Waals surface area contributed by atoms with E-state index in [2.05, 4.69) is 10.6 Å². The number of hydrogen-bond donors (Lipinski definition) is 3. The third kappa shape index (κ3) is 5.77. The Morgan fingerprint density at radius 2 is 1.90 bits per heavy atom. The van der Waals surface area contributed by atoms with Crippen molar-refractivity contribution in [1.29, 1.82) is 0 Å². The summed E-state index contributed by atoms with van der Waals surface area (Å²) in [5.41, 5.74) is 0. The number of ether oxygens (including phenoxy) is 1. The molecule has 6 nitrogen and oxygen atoms in total. The van der Waals surface area contributed by atoms with Gasteiger partial charge in [0.15, 0.2) is 0 Å². The van der Waals surface area contributed by atoms with Gasteiger partial charge in [0.1, 0.15) is 6.04 Å². The van der Waals surface area contributed by atoms with Crippen LogP contribution in [0.3, 0.4) is 0 Å². The first-order chi connectivity index (χ1) is 9.54. The molecule has 1 fully saturated rings. The molecule has 1 aliphatic carbocycles. The van der Waals surface area contributed by atoms with E-state index in [9.17, 15) is 9.59 Å². The molecular weight excluding hydrogens is 260 g/mol. The van der Waals surface area contributed by atoms with Gasteiger partial charge in [-0.25, -0.2) is 9.59 Å². The minimum Gasteiger partial charge on any atom is -0.480 e. The lowest BCUT2D eigenvalue weighted by molar-refractivity contribution is -0.139. The Kier molecular flexibility index (Phi) is 7.36. The zero-order chi connectivity index (χ0) is 15.0. The number of hydrogen-bond acceptors (Lipinski definition) is 3. The van der Waals surface area contributed by atoms with Crippen LogP contribution in [0.5, 0.6) is 0 Å². The predicted molar refractivity (Wildman–Crippen MR) is 75.6 cm³/mol. The Morgan fingerprint density at radius 1 is 1.25 bits per heavy atom. The fraction of sp³-hybridized carbons (Fsp3) is 0.857. The maximum Gasteiger partial charge on any atom is 0.326 e. The zero-order valence-corrected chi connectivity index (χ0v) is 12.4. The molecule has 1 rings (SSSR count). The summed E-state index contributed by atoms with van der Waals surface area (Å²) in [4.78, 5) is 22.9. The molecule has 0 aromatic heterocycles. The number of aliphatic carboxylic acids is 1. The summed E-state index contributed by atoms with van der Waals surface area (Å²) in [5.74, 6) is -0.542. The third-order valence-electron chi connectivity index (χ3n) is 3.93. The number of methoxy groups -OCH3 is 1. The lowest BCUT2D eigenvalue weighted by atomic mass is 9.85. The highest BCUT2D eigenvalue weighted by atomic mass is 16.5. The van der Waals surface area contributed by atoms with Crippen LogP contribution in [0.15, 0.2) is 0 Å². The van der Waals surface area contributed by atoms with Crippen LogP contribution >= 0.6 is 0 Å². The minimum atomic E-state index is -1.04. The van der Waals surface area contributed by atoms with Crippen molar-refractivity contribution in [3.05, 3.63) is 0 Å². The summed E-state index contributed by atoms with van der Waals surface area (Å²) in [6.45, 7) is 2.29. The van der Waals surface area contributed by atoms with Gasteiger partial charge in [0.2, 0.25) is 0 Å². The number of carboxylic acids is 1. The summed E-state index contributed by atoms with van der Waals surface area (Å²) < 4.78 is 4.85. The van der Waals surface area contributed by atoms with Gasteiger partial charge in [0, 0.05) is 26.2 Å². The molecule has 20 heavy (non-hydrogen) atoms. The van der Waals surface area contributed by atoms with Crippen molar-refractivity contribution in [3.63, 3.8) is 0 Å². The monoisotopic (exact) mass is 286 g/mol. The number of carbonyl (C=O) groups excluding carboxylic acids is 1. The maximum atomic E-state index is 11.8. The molecule has 0 spiro atoms. The molecule has 2 atom stereocenters. The van der Waals surface area contributed by atoms with Gasteiger partial charge in [-0.1, -0.05) is 19.3 Å². The Labute approximate surface area is 120 Å². The van der Waals surface area contributed by atoms with Gasteiger partial charge >= 0.3 is 12.0 Å². The predicted octanol–water partition coefficient (Wildman–Crippen LogP) is 1.74. The first-order valence-electron chi connectivity index (χ1n) is 7.33. The molecule has 0 radical (unpaired) electrons. The van der Waals surface area contributed by atoms with Crippen molar-refractivity contribution >= 4 is 12.0 Å². The SMILES string of the molecule is COCCC(NC(=O)NC(C)C1CCCCC1)C(=O)O. The number of rotatable bonds is 7. The number of carboxylic acid groups (broad SMARTS) is 1. The Morgan fingerprint density at radius 3 is 2.45 bits per heavy atom. The van der Waals surface area contributed by atoms with Crippen molar-refractivity contribution in [2.24, 2.45) is 5.92 Å². The number of urea groups is 1. The fourth-order valence-corrected chi connectivity index (χ4v) is 2.65. The molecule has 1 aliphatic rings. The first-order valence-corrected chi connectivity index (χ1v) is 7.33. The third-order valence-corrected chi connectivity index (χ3v) is 3.93. The van der Waals surface area contributed by atoms with E-state index in [1.165, 1.54) is 26.4 Å². The van der Waals surface area contributed by atoms with E-state index in [4.69, 9.17) is 9.84 Å². The van der Waals surface area contributed by atoms with Crippen molar-refractivity contribution in [2.45, 2.75) is 57.5 Å². The largest absolute Gasteiger partial charge is 0.480 e. The number of carbonyl (C=O) groups is 2. The fourth-order valence-electron chi connectivity index (χ4n) is 2.65. The van der Waals surface area contributed by atoms with E-state index in [-0.39, 0.29) is 12.5 Å². The maximum absolute atomic E-state index is 11.8. The Bertz CT molecular complexity index is 316. The highest BCUT2D eigenvalue weighted by molar-refractivity contribution is 5.82. The molecule has 0 heterocycles. The molecule has 6 heteroatoms. The van der Waals surface area contributed by atoms with Crippen LogP contribution in [0.25, 0.3) is 0 Å². The molecule has 2 amide bonds. The van der Waals surface area contributed by atoms with Crippen LogP contribution in [0.4, 0.5) is 4.79 Å². The van der Waals surface area contributed by atoms with E-state index in [0.717, 1.165) is 12.8 Å². The van der Waals surface area contributed by atoms with Gasteiger partial charge in [-0.15, -0.1) is 0 Å². The van der Waals surface area contributed by atoms with Crippen molar-refractivity contribution in [1.82, 2.24) is 10.6 Å². The molecule has 1 saturated carbocycles. The van der Waals surface area contributed by atoms with Crippen LogP contribution in [-0.2, 0) is 9.53 Å². The number of amides is 2. The molecule has 0 aliphatic heterocycles. The zero-order valence-electron chi connectivity index (χ0n) is 12.4. The van der Waals surface area contributed by atoms with Crippen LogP contribution in [-0.4, -0.2) is 42.9 Å². The van der Waals surface area contributed by atoms with E-state index < -0.39 is 18.0 Å². The van der Waals surface area contributed by atoms with Gasteiger partial charge in [-0.2, -0.15) is 0 Å². The molecule has 0 aromatic rings. The van der Waals surface area contributed by atoms with Crippen molar-refractivity contribution < 1.29 is 19.4 Å². The topological polar surface area (TPSA) is 87.7 Å². The van der Waals surface area contributed by atoms with Crippen LogP contribution in [0.2, 0.25) is 0 Å². The Hall–Kier alpha value is -1.30.